The number of carbonyl (C=O) groups excluding carboxylic acids is 1. The molecule has 0 unspecified atom stereocenters. The lowest BCUT2D eigenvalue weighted by molar-refractivity contribution is 0.0698. The third kappa shape index (κ3) is 3.45. The minimum absolute atomic E-state index is 0.0594. The van der Waals surface area contributed by atoms with E-state index in [0.717, 1.165) is 21.2 Å². The molecule has 0 bridgehead atoms. The maximum absolute atomic E-state index is 12.7. The third-order valence-corrected chi connectivity index (χ3v) is 5.37. The summed E-state index contributed by atoms with van der Waals surface area (Å²) in [5.41, 5.74) is 2.13. The van der Waals surface area contributed by atoms with Crippen LogP contribution in [-0.2, 0) is 0 Å². The number of nitrogens with one attached hydrogen (secondary N) is 1. The van der Waals surface area contributed by atoms with Crippen LogP contribution < -0.4 is 5.32 Å². The minimum Gasteiger partial charge on any atom is -0.478 e. The molecule has 1 aromatic heterocycles. The van der Waals surface area contributed by atoms with E-state index in [-0.39, 0.29) is 17.2 Å². The van der Waals surface area contributed by atoms with Crippen molar-refractivity contribution in [1.29, 1.82) is 0 Å². The van der Waals surface area contributed by atoms with Crippen LogP contribution in [0.25, 0.3) is 21.2 Å². The highest BCUT2D eigenvalue weighted by Crippen LogP contribution is 2.29. The van der Waals surface area contributed by atoms with Gasteiger partial charge < -0.3 is 10.4 Å². The zero-order valence-corrected chi connectivity index (χ0v) is 15.0. The van der Waals surface area contributed by atoms with Crippen molar-refractivity contribution in [1.82, 2.24) is 0 Å². The predicted molar refractivity (Wildman–Crippen MR) is 109 cm³/mol. The van der Waals surface area contributed by atoms with Gasteiger partial charge in [0.2, 0.25) is 0 Å². The molecule has 0 aliphatic rings. The lowest BCUT2D eigenvalue weighted by Crippen LogP contribution is -2.13. The van der Waals surface area contributed by atoms with Crippen LogP contribution in [-0.4, -0.2) is 17.0 Å². The molecule has 4 nitrogen and oxygen atoms in total. The maximum atomic E-state index is 12.7. The van der Waals surface area contributed by atoms with Gasteiger partial charge in [-0.25, -0.2) is 4.79 Å². The van der Waals surface area contributed by atoms with Gasteiger partial charge in [0.1, 0.15) is 0 Å². The molecule has 4 rings (SSSR count). The summed E-state index contributed by atoms with van der Waals surface area (Å²) in [6, 6.07) is 24.1. The quantitative estimate of drug-likeness (QED) is 0.495. The van der Waals surface area contributed by atoms with Gasteiger partial charge in [-0.1, -0.05) is 54.6 Å². The van der Waals surface area contributed by atoms with Gasteiger partial charge >= 0.3 is 5.97 Å². The number of anilines is 1. The van der Waals surface area contributed by atoms with Gasteiger partial charge in [0.05, 0.1) is 16.1 Å². The first kappa shape index (κ1) is 17.0. The van der Waals surface area contributed by atoms with Crippen LogP contribution in [0.1, 0.15) is 20.0 Å². The molecule has 0 saturated heterocycles. The van der Waals surface area contributed by atoms with Crippen LogP contribution in [0.5, 0.6) is 0 Å². The number of benzene rings is 3. The first-order valence-corrected chi connectivity index (χ1v) is 9.16. The molecule has 5 heteroatoms. The van der Waals surface area contributed by atoms with E-state index in [1.165, 1.54) is 17.4 Å². The van der Waals surface area contributed by atoms with Crippen LogP contribution in [0.4, 0.5) is 5.69 Å². The summed E-state index contributed by atoms with van der Waals surface area (Å²) in [7, 11) is 0. The number of carboxylic acids is 1. The zero-order chi connectivity index (χ0) is 18.8. The molecule has 0 aliphatic heterocycles. The van der Waals surface area contributed by atoms with E-state index in [2.05, 4.69) is 5.32 Å². The van der Waals surface area contributed by atoms with E-state index < -0.39 is 5.97 Å². The highest BCUT2D eigenvalue weighted by atomic mass is 32.1. The van der Waals surface area contributed by atoms with Crippen molar-refractivity contribution in [3.8, 4) is 11.1 Å². The number of carbonyl (C=O) groups is 2. The molecule has 2 N–H and O–H groups in total. The monoisotopic (exact) mass is 373 g/mol. The third-order valence-electron chi connectivity index (χ3n) is 4.25. The van der Waals surface area contributed by atoms with E-state index >= 15 is 0 Å². The Labute approximate surface area is 159 Å². The van der Waals surface area contributed by atoms with Crippen molar-refractivity contribution >= 4 is 39.0 Å². The first-order chi connectivity index (χ1) is 13.1. The predicted octanol–water partition coefficient (Wildman–Crippen LogP) is 5.52. The molecule has 0 radical (unpaired) electrons. The maximum Gasteiger partial charge on any atom is 0.337 e. The second-order valence-corrected chi connectivity index (χ2v) is 7.12. The van der Waals surface area contributed by atoms with Crippen molar-refractivity contribution < 1.29 is 14.7 Å². The van der Waals surface area contributed by atoms with Crippen molar-refractivity contribution in [2.75, 3.05) is 5.32 Å². The standard InChI is InChI=1S/C22H15NO3S/c24-21(20-13-16-8-4-5-9-19(16)27-20)23-18-12-15(10-11-17(18)22(25)26)14-6-2-1-3-7-14/h1-13H,(H,23,24)(H,25,26). The molecule has 0 aliphatic carbocycles. The normalized spacial score (nSPS) is 10.7. The molecule has 0 atom stereocenters. The van der Waals surface area contributed by atoms with Gasteiger partial charge in [-0.15, -0.1) is 11.3 Å². The Hall–Kier alpha value is -3.44. The van der Waals surface area contributed by atoms with E-state index in [1.807, 2.05) is 60.7 Å². The Morgan fingerprint density at radius 1 is 0.815 bits per heavy atom. The Morgan fingerprint density at radius 2 is 1.56 bits per heavy atom. The van der Waals surface area contributed by atoms with E-state index in [0.29, 0.717) is 4.88 Å². The van der Waals surface area contributed by atoms with Crippen molar-refractivity contribution in [3.05, 3.63) is 89.3 Å². The van der Waals surface area contributed by atoms with Crippen LogP contribution >= 0.6 is 11.3 Å². The summed E-state index contributed by atoms with van der Waals surface area (Å²) in [5, 5.41) is 13.2. The fourth-order valence-corrected chi connectivity index (χ4v) is 3.88. The van der Waals surface area contributed by atoms with Gasteiger partial charge in [-0.05, 0) is 40.8 Å². The summed E-state index contributed by atoms with van der Waals surface area (Å²) in [6.45, 7) is 0. The largest absolute Gasteiger partial charge is 0.478 e. The SMILES string of the molecule is O=C(Nc1cc(-c2ccccc2)ccc1C(=O)O)c1cc2ccccc2s1. The van der Waals surface area contributed by atoms with Gasteiger partial charge in [0.25, 0.3) is 5.91 Å². The molecule has 0 saturated carbocycles. The molecule has 3 aromatic carbocycles. The molecular formula is C22H15NO3S. The van der Waals surface area contributed by atoms with Crippen LogP contribution in [0.3, 0.4) is 0 Å². The smallest absolute Gasteiger partial charge is 0.337 e. The number of hydrogen-bond acceptors (Lipinski definition) is 3. The second-order valence-electron chi connectivity index (χ2n) is 6.03. The van der Waals surface area contributed by atoms with Gasteiger partial charge in [0.15, 0.2) is 0 Å². The summed E-state index contributed by atoms with van der Waals surface area (Å²) in [5.74, 6) is -1.40. The van der Waals surface area contributed by atoms with Gasteiger partial charge in [-0.3, -0.25) is 4.79 Å². The topological polar surface area (TPSA) is 66.4 Å². The summed E-state index contributed by atoms with van der Waals surface area (Å²) >= 11 is 1.38. The zero-order valence-electron chi connectivity index (χ0n) is 14.2. The first-order valence-electron chi connectivity index (χ1n) is 8.34. The van der Waals surface area contributed by atoms with Crippen LogP contribution in [0, 0.1) is 0 Å². The highest BCUT2D eigenvalue weighted by molar-refractivity contribution is 7.20. The Morgan fingerprint density at radius 3 is 2.30 bits per heavy atom. The molecule has 0 fully saturated rings. The number of carboxylic acid groups (broad SMARTS) is 1. The van der Waals surface area contributed by atoms with Crippen molar-refractivity contribution in [2.45, 2.75) is 0 Å². The average molecular weight is 373 g/mol. The number of fused-ring (bicyclic) bond motifs is 1. The minimum atomic E-state index is -1.08. The second kappa shape index (κ2) is 7.05. The summed E-state index contributed by atoms with van der Waals surface area (Å²) in [4.78, 5) is 24.8. The average Bonchev–Trinajstić information content (AvgIpc) is 3.13. The molecule has 4 aromatic rings. The fourth-order valence-electron chi connectivity index (χ4n) is 2.92. The highest BCUT2D eigenvalue weighted by Gasteiger charge is 2.16. The van der Waals surface area contributed by atoms with Gasteiger partial charge in [-0.2, -0.15) is 0 Å². The Bertz CT molecular complexity index is 1120. The lowest BCUT2D eigenvalue weighted by Gasteiger charge is -2.10. The lowest BCUT2D eigenvalue weighted by atomic mass is 10.0. The number of aromatic carboxylic acids is 1. The fraction of sp³-hybridized carbons (Fsp3) is 0. The molecule has 1 heterocycles. The van der Waals surface area contributed by atoms with E-state index in [9.17, 15) is 14.7 Å². The molecular weight excluding hydrogens is 358 g/mol. The van der Waals surface area contributed by atoms with E-state index in [4.69, 9.17) is 0 Å². The van der Waals surface area contributed by atoms with Crippen LogP contribution in [0.15, 0.2) is 78.9 Å². The van der Waals surface area contributed by atoms with E-state index in [1.54, 1.807) is 12.1 Å². The summed E-state index contributed by atoms with van der Waals surface area (Å²) < 4.78 is 1.01. The van der Waals surface area contributed by atoms with Gasteiger partial charge in [0, 0.05) is 4.70 Å². The molecule has 1 amide bonds. The van der Waals surface area contributed by atoms with Crippen LogP contribution in [0.2, 0.25) is 0 Å². The molecule has 132 valence electrons. The summed E-state index contributed by atoms with van der Waals surface area (Å²) in [6.07, 6.45) is 0. The van der Waals surface area contributed by atoms with Crippen molar-refractivity contribution in [2.24, 2.45) is 0 Å². The van der Waals surface area contributed by atoms with Crippen molar-refractivity contribution in [3.63, 3.8) is 0 Å². The number of rotatable bonds is 4. The number of thiophene rings is 1. The Kier molecular flexibility index (Phi) is 4.44. The molecule has 27 heavy (non-hydrogen) atoms. The Balaban J connectivity index is 1.70. The number of hydrogen-bond donors (Lipinski definition) is 2. The number of amides is 1. The molecule has 0 spiro atoms.